The molecule has 1 aromatic rings. The highest BCUT2D eigenvalue weighted by Gasteiger charge is 2.38. The summed E-state index contributed by atoms with van der Waals surface area (Å²) in [6, 6.07) is 0.654. The number of rotatable bonds is 3. The van der Waals surface area contributed by atoms with Crippen LogP contribution in [0.15, 0.2) is 11.6 Å². The molecule has 2 nitrogen and oxygen atoms in total. The van der Waals surface area contributed by atoms with Crippen LogP contribution in [0.4, 0.5) is 0 Å². The number of hydrogen-bond acceptors (Lipinski definition) is 4. The summed E-state index contributed by atoms with van der Waals surface area (Å²) in [5.74, 6) is 1.23. The summed E-state index contributed by atoms with van der Waals surface area (Å²) in [5, 5.41) is 6.75. The highest BCUT2D eigenvalue weighted by Crippen LogP contribution is 2.39. The third-order valence-electron chi connectivity index (χ3n) is 2.44. The molecule has 1 fully saturated rings. The second-order valence-corrected chi connectivity index (χ2v) is 6.43. The number of aromatic nitrogens is 1. The Morgan fingerprint density at radius 2 is 2.54 bits per heavy atom. The molecule has 0 saturated carbocycles. The maximum absolute atomic E-state index is 4.24. The van der Waals surface area contributed by atoms with Crippen LogP contribution in [-0.4, -0.2) is 21.5 Å². The zero-order valence-electron chi connectivity index (χ0n) is 7.91. The fourth-order valence-corrected chi connectivity index (χ4v) is 3.12. The van der Waals surface area contributed by atoms with Gasteiger partial charge in [0, 0.05) is 34.7 Å². The van der Waals surface area contributed by atoms with Crippen molar-refractivity contribution in [1.29, 1.82) is 0 Å². The minimum Gasteiger partial charge on any atom is -0.305 e. The van der Waals surface area contributed by atoms with Gasteiger partial charge < -0.3 is 5.32 Å². The van der Waals surface area contributed by atoms with E-state index in [-0.39, 0.29) is 0 Å². The Balaban J connectivity index is 1.81. The molecule has 1 aliphatic rings. The van der Waals surface area contributed by atoms with E-state index in [2.05, 4.69) is 24.1 Å². The average Bonchev–Trinajstić information content (AvgIpc) is 2.55. The van der Waals surface area contributed by atoms with Crippen molar-refractivity contribution < 1.29 is 0 Å². The van der Waals surface area contributed by atoms with Gasteiger partial charge >= 0.3 is 0 Å². The molecule has 13 heavy (non-hydrogen) atoms. The van der Waals surface area contributed by atoms with Gasteiger partial charge in [-0.1, -0.05) is 0 Å². The molecule has 1 N–H and O–H groups in total. The van der Waals surface area contributed by atoms with Gasteiger partial charge in [-0.2, -0.15) is 11.8 Å². The van der Waals surface area contributed by atoms with E-state index in [1.165, 1.54) is 10.8 Å². The molecule has 72 valence electrons. The minimum absolute atomic E-state index is 0.414. The SMILES string of the molecule is CC1(C)SCC1NCc1nccs1. The molecule has 0 radical (unpaired) electrons. The van der Waals surface area contributed by atoms with Crippen LogP contribution in [0.5, 0.6) is 0 Å². The highest BCUT2D eigenvalue weighted by atomic mass is 32.2. The van der Waals surface area contributed by atoms with E-state index in [0.29, 0.717) is 10.8 Å². The molecule has 0 bridgehead atoms. The number of nitrogens with zero attached hydrogens (tertiary/aromatic N) is 1. The van der Waals surface area contributed by atoms with Crippen LogP contribution in [0.3, 0.4) is 0 Å². The van der Waals surface area contributed by atoms with E-state index in [1.807, 2.05) is 23.3 Å². The van der Waals surface area contributed by atoms with Crippen molar-refractivity contribution in [3.8, 4) is 0 Å². The summed E-state index contributed by atoms with van der Waals surface area (Å²) >= 11 is 3.75. The molecule has 0 aromatic carbocycles. The molecule has 0 aliphatic carbocycles. The Morgan fingerprint density at radius 3 is 3.00 bits per heavy atom. The summed E-state index contributed by atoms with van der Waals surface area (Å²) < 4.78 is 0.414. The van der Waals surface area contributed by atoms with Gasteiger partial charge in [0.15, 0.2) is 0 Å². The smallest absolute Gasteiger partial charge is 0.106 e. The van der Waals surface area contributed by atoms with Crippen LogP contribution in [0, 0.1) is 0 Å². The first-order chi connectivity index (χ1) is 6.18. The van der Waals surface area contributed by atoms with E-state index >= 15 is 0 Å². The largest absolute Gasteiger partial charge is 0.305 e. The zero-order chi connectivity index (χ0) is 9.31. The molecule has 1 unspecified atom stereocenters. The van der Waals surface area contributed by atoms with Gasteiger partial charge in [0.1, 0.15) is 5.01 Å². The molecular formula is C9H14N2S2. The van der Waals surface area contributed by atoms with Crippen molar-refractivity contribution in [3.63, 3.8) is 0 Å². The van der Waals surface area contributed by atoms with Crippen molar-refractivity contribution in [2.24, 2.45) is 0 Å². The van der Waals surface area contributed by atoms with Gasteiger partial charge in [-0.25, -0.2) is 4.98 Å². The summed E-state index contributed by atoms with van der Waals surface area (Å²) in [6.45, 7) is 5.51. The normalized spacial score (nSPS) is 25.5. The minimum atomic E-state index is 0.414. The third-order valence-corrected chi connectivity index (χ3v) is 4.75. The maximum Gasteiger partial charge on any atom is 0.106 e. The van der Waals surface area contributed by atoms with Crippen LogP contribution in [0.25, 0.3) is 0 Å². The highest BCUT2D eigenvalue weighted by molar-refractivity contribution is 8.02. The lowest BCUT2D eigenvalue weighted by Crippen LogP contribution is -2.54. The third kappa shape index (κ3) is 2.06. The Hall–Kier alpha value is -0.0600. The Morgan fingerprint density at radius 1 is 1.69 bits per heavy atom. The summed E-state index contributed by atoms with van der Waals surface area (Å²) in [5.41, 5.74) is 0. The molecular weight excluding hydrogens is 200 g/mol. The summed E-state index contributed by atoms with van der Waals surface area (Å²) in [6.07, 6.45) is 1.86. The molecule has 2 heterocycles. The van der Waals surface area contributed by atoms with Gasteiger partial charge in [0.25, 0.3) is 0 Å². The van der Waals surface area contributed by atoms with E-state index in [0.717, 1.165) is 6.54 Å². The second-order valence-electron chi connectivity index (χ2n) is 3.77. The van der Waals surface area contributed by atoms with Crippen LogP contribution < -0.4 is 5.32 Å². The number of hydrogen-bond donors (Lipinski definition) is 1. The van der Waals surface area contributed by atoms with Gasteiger partial charge in [0.05, 0.1) is 0 Å². The fraction of sp³-hybridized carbons (Fsp3) is 0.667. The number of thioether (sulfide) groups is 1. The lowest BCUT2D eigenvalue weighted by Gasteiger charge is -2.44. The maximum atomic E-state index is 4.24. The summed E-state index contributed by atoms with van der Waals surface area (Å²) in [4.78, 5) is 4.24. The molecule has 1 aliphatic heterocycles. The topological polar surface area (TPSA) is 24.9 Å². The standard InChI is InChI=1S/C9H14N2S2/c1-9(2)7(6-13-9)11-5-8-10-3-4-12-8/h3-4,7,11H,5-6H2,1-2H3. The first-order valence-electron chi connectivity index (χ1n) is 4.44. The van der Waals surface area contributed by atoms with Gasteiger partial charge in [0.2, 0.25) is 0 Å². The van der Waals surface area contributed by atoms with Gasteiger partial charge in [-0.15, -0.1) is 11.3 Å². The van der Waals surface area contributed by atoms with E-state index in [1.54, 1.807) is 11.3 Å². The van der Waals surface area contributed by atoms with Gasteiger partial charge in [-0.3, -0.25) is 0 Å². The molecule has 1 aromatic heterocycles. The van der Waals surface area contributed by atoms with Crippen LogP contribution in [-0.2, 0) is 6.54 Å². The Kier molecular flexibility index (Phi) is 2.62. The van der Waals surface area contributed by atoms with Crippen LogP contribution in [0.2, 0.25) is 0 Å². The first-order valence-corrected chi connectivity index (χ1v) is 6.31. The van der Waals surface area contributed by atoms with E-state index in [9.17, 15) is 0 Å². The predicted molar refractivity (Wildman–Crippen MR) is 59.3 cm³/mol. The summed E-state index contributed by atoms with van der Waals surface area (Å²) in [7, 11) is 0. The zero-order valence-corrected chi connectivity index (χ0v) is 9.54. The fourth-order valence-electron chi connectivity index (χ4n) is 1.36. The van der Waals surface area contributed by atoms with Crippen molar-refractivity contribution in [1.82, 2.24) is 10.3 Å². The quantitative estimate of drug-likeness (QED) is 0.834. The van der Waals surface area contributed by atoms with Crippen molar-refractivity contribution >= 4 is 23.1 Å². The second kappa shape index (κ2) is 3.59. The van der Waals surface area contributed by atoms with Crippen LogP contribution >= 0.6 is 23.1 Å². The Labute approximate surface area is 87.1 Å². The molecule has 2 rings (SSSR count). The number of nitrogens with one attached hydrogen (secondary N) is 1. The van der Waals surface area contributed by atoms with Crippen molar-refractivity contribution in [2.75, 3.05) is 5.75 Å². The van der Waals surface area contributed by atoms with Gasteiger partial charge in [-0.05, 0) is 13.8 Å². The molecule has 0 spiro atoms. The lowest BCUT2D eigenvalue weighted by atomic mass is 10.0. The van der Waals surface area contributed by atoms with Crippen LogP contribution in [0.1, 0.15) is 18.9 Å². The lowest BCUT2D eigenvalue weighted by molar-refractivity contribution is 0.435. The monoisotopic (exact) mass is 214 g/mol. The van der Waals surface area contributed by atoms with Crippen molar-refractivity contribution in [2.45, 2.75) is 31.2 Å². The molecule has 0 amide bonds. The van der Waals surface area contributed by atoms with E-state index < -0.39 is 0 Å². The van der Waals surface area contributed by atoms with Crippen molar-refractivity contribution in [3.05, 3.63) is 16.6 Å². The Bertz CT molecular complexity index is 269. The average molecular weight is 214 g/mol. The molecule has 1 saturated heterocycles. The van der Waals surface area contributed by atoms with E-state index in [4.69, 9.17) is 0 Å². The molecule has 1 atom stereocenters. The first kappa shape index (κ1) is 9.49. The predicted octanol–water partition coefficient (Wildman–Crippen LogP) is 2.13. The molecule has 4 heteroatoms. The number of thiazole rings is 1.